The van der Waals surface area contributed by atoms with Crippen molar-refractivity contribution in [2.45, 2.75) is 32.5 Å². The third kappa shape index (κ3) is 7.79. The minimum absolute atomic E-state index is 0. The molecule has 0 aliphatic rings. The summed E-state index contributed by atoms with van der Waals surface area (Å²) in [7, 11) is 0. The van der Waals surface area contributed by atoms with Crippen LogP contribution in [0.2, 0.25) is 0 Å². The summed E-state index contributed by atoms with van der Waals surface area (Å²) in [6, 6.07) is 20.0. The number of halogens is 1. The molecule has 1 atom stereocenters. The zero-order valence-electron chi connectivity index (χ0n) is 17.2. The first-order valence-corrected chi connectivity index (χ1v) is 10.0. The Morgan fingerprint density at radius 3 is 2.43 bits per heavy atom. The Morgan fingerprint density at radius 2 is 1.73 bits per heavy atom. The van der Waals surface area contributed by atoms with Gasteiger partial charge in [-0.15, -0.1) is 24.0 Å². The summed E-state index contributed by atoms with van der Waals surface area (Å²) in [6.07, 6.45) is 4.01. The molecule has 1 heterocycles. The minimum Gasteiger partial charge on any atom is -0.388 e. The maximum atomic E-state index is 10.3. The number of hydrogen-bond donors (Lipinski definition) is 3. The molecular formula is C23H30IN5O. The average molecular weight is 519 g/mol. The van der Waals surface area contributed by atoms with Gasteiger partial charge in [-0.1, -0.05) is 60.7 Å². The molecule has 0 amide bonds. The number of rotatable bonds is 9. The Morgan fingerprint density at radius 1 is 1.03 bits per heavy atom. The van der Waals surface area contributed by atoms with Crippen molar-refractivity contribution >= 4 is 29.9 Å². The van der Waals surface area contributed by atoms with Crippen LogP contribution in [-0.2, 0) is 13.1 Å². The van der Waals surface area contributed by atoms with Gasteiger partial charge in [-0.3, -0.25) is 4.68 Å². The number of aliphatic hydroxyl groups is 1. The van der Waals surface area contributed by atoms with Gasteiger partial charge < -0.3 is 15.7 Å². The van der Waals surface area contributed by atoms with Gasteiger partial charge in [0.15, 0.2) is 5.96 Å². The first kappa shape index (κ1) is 23.9. The van der Waals surface area contributed by atoms with Crippen LogP contribution in [0.4, 0.5) is 0 Å². The van der Waals surface area contributed by atoms with E-state index in [-0.39, 0.29) is 24.0 Å². The maximum absolute atomic E-state index is 10.3. The van der Waals surface area contributed by atoms with E-state index in [0.29, 0.717) is 19.5 Å². The molecule has 160 valence electrons. The second-order valence-electron chi connectivity index (χ2n) is 6.87. The smallest absolute Gasteiger partial charge is 0.191 e. The molecular weight excluding hydrogens is 489 g/mol. The molecule has 6 nitrogen and oxygen atoms in total. The molecule has 3 N–H and O–H groups in total. The molecule has 30 heavy (non-hydrogen) atoms. The van der Waals surface area contributed by atoms with Crippen LogP contribution >= 0.6 is 24.0 Å². The van der Waals surface area contributed by atoms with Gasteiger partial charge in [-0.05, 0) is 24.5 Å². The fourth-order valence-corrected chi connectivity index (χ4v) is 3.03. The van der Waals surface area contributed by atoms with Gasteiger partial charge >= 0.3 is 0 Å². The van der Waals surface area contributed by atoms with Crippen molar-refractivity contribution in [3.8, 4) is 0 Å². The van der Waals surface area contributed by atoms with E-state index in [1.807, 2.05) is 72.5 Å². The normalized spacial score (nSPS) is 12.1. The summed E-state index contributed by atoms with van der Waals surface area (Å²) in [6.45, 7) is 4.75. The average Bonchev–Trinajstić information content (AvgIpc) is 3.20. The van der Waals surface area contributed by atoms with Gasteiger partial charge in [-0.25, -0.2) is 4.99 Å². The van der Waals surface area contributed by atoms with Gasteiger partial charge in [0.05, 0.1) is 25.4 Å². The van der Waals surface area contributed by atoms with Crippen molar-refractivity contribution in [1.82, 2.24) is 20.4 Å². The standard InChI is InChI=1S/C23H29N5O.HI/c1-2-24-23(25-14-13-22(29)21-11-7-4-8-12-21)26-15-20-16-27-28(18-20)17-19-9-5-3-6-10-19;/h3-12,16,18,22,29H,2,13-15,17H2,1H3,(H2,24,25,26);1H. The van der Waals surface area contributed by atoms with Crippen molar-refractivity contribution in [2.24, 2.45) is 4.99 Å². The number of aliphatic hydroxyl groups excluding tert-OH is 1. The fraction of sp³-hybridized carbons (Fsp3) is 0.304. The predicted molar refractivity (Wildman–Crippen MR) is 132 cm³/mol. The number of aliphatic imine (C=N–C) groups is 1. The molecule has 3 rings (SSSR count). The summed E-state index contributed by atoms with van der Waals surface area (Å²) in [5.41, 5.74) is 3.21. The van der Waals surface area contributed by atoms with E-state index < -0.39 is 6.10 Å². The molecule has 0 radical (unpaired) electrons. The van der Waals surface area contributed by atoms with Gasteiger partial charge in [0.1, 0.15) is 0 Å². The molecule has 1 unspecified atom stereocenters. The van der Waals surface area contributed by atoms with Gasteiger partial charge in [-0.2, -0.15) is 5.10 Å². The lowest BCUT2D eigenvalue weighted by Crippen LogP contribution is -2.38. The SMILES string of the molecule is CCNC(=NCc1cnn(Cc2ccccc2)c1)NCCC(O)c1ccccc1.I. The Kier molecular flexibility index (Phi) is 10.4. The minimum atomic E-state index is -0.484. The molecule has 0 aliphatic heterocycles. The van der Waals surface area contributed by atoms with Gasteiger partial charge in [0, 0.05) is 24.8 Å². The van der Waals surface area contributed by atoms with E-state index in [0.717, 1.165) is 30.2 Å². The highest BCUT2D eigenvalue weighted by Gasteiger charge is 2.07. The number of nitrogens with one attached hydrogen (secondary N) is 2. The molecule has 3 aromatic rings. The Balaban J connectivity index is 0.00000320. The molecule has 0 saturated heterocycles. The van der Waals surface area contributed by atoms with Crippen LogP contribution in [0.5, 0.6) is 0 Å². The van der Waals surface area contributed by atoms with Crippen LogP contribution in [0.15, 0.2) is 78.0 Å². The summed E-state index contributed by atoms with van der Waals surface area (Å²) >= 11 is 0. The number of guanidine groups is 1. The van der Waals surface area contributed by atoms with Crippen molar-refractivity contribution in [3.05, 3.63) is 89.7 Å². The molecule has 0 spiro atoms. The molecule has 1 aromatic heterocycles. The zero-order chi connectivity index (χ0) is 20.3. The van der Waals surface area contributed by atoms with Crippen molar-refractivity contribution in [3.63, 3.8) is 0 Å². The Hall–Kier alpha value is -2.39. The van der Waals surface area contributed by atoms with E-state index >= 15 is 0 Å². The molecule has 0 bridgehead atoms. The number of hydrogen-bond acceptors (Lipinski definition) is 3. The second-order valence-corrected chi connectivity index (χ2v) is 6.87. The molecule has 7 heteroatoms. The number of aromatic nitrogens is 2. The number of benzene rings is 2. The summed E-state index contributed by atoms with van der Waals surface area (Å²) in [4.78, 5) is 4.63. The lowest BCUT2D eigenvalue weighted by atomic mass is 10.1. The summed E-state index contributed by atoms with van der Waals surface area (Å²) < 4.78 is 1.93. The second kappa shape index (κ2) is 13.0. The largest absolute Gasteiger partial charge is 0.388 e. The third-order valence-electron chi connectivity index (χ3n) is 4.53. The molecule has 2 aromatic carbocycles. The van der Waals surface area contributed by atoms with E-state index in [2.05, 4.69) is 32.9 Å². The lowest BCUT2D eigenvalue weighted by molar-refractivity contribution is 0.168. The van der Waals surface area contributed by atoms with E-state index in [1.165, 1.54) is 5.56 Å². The van der Waals surface area contributed by atoms with Crippen LogP contribution < -0.4 is 10.6 Å². The lowest BCUT2D eigenvalue weighted by Gasteiger charge is -2.14. The molecule has 0 aliphatic carbocycles. The maximum Gasteiger partial charge on any atom is 0.191 e. The van der Waals surface area contributed by atoms with E-state index in [1.54, 1.807) is 0 Å². The summed E-state index contributed by atoms with van der Waals surface area (Å²) in [5, 5.41) is 21.2. The predicted octanol–water partition coefficient (Wildman–Crippen LogP) is 3.73. The zero-order valence-corrected chi connectivity index (χ0v) is 19.6. The van der Waals surface area contributed by atoms with Crippen LogP contribution in [0.25, 0.3) is 0 Å². The highest BCUT2D eigenvalue weighted by Crippen LogP contribution is 2.14. The fourth-order valence-electron chi connectivity index (χ4n) is 3.03. The van der Waals surface area contributed by atoms with Gasteiger partial charge in [0.25, 0.3) is 0 Å². The van der Waals surface area contributed by atoms with Crippen molar-refractivity contribution in [1.29, 1.82) is 0 Å². The number of nitrogens with zero attached hydrogens (tertiary/aromatic N) is 3. The van der Waals surface area contributed by atoms with Crippen LogP contribution in [0, 0.1) is 0 Å². The Labute approximate surface area is 195 Å². The quantitative estimate of drug-likeness (QED) is 0.229. The monoisotopic (exact) mass is 519 g/mol. The molecule has 0 saturated carbocycles. The third-order valence-corrected chi connectivity index (χ3v) is 4.53. The topological polar surface area (TPSA) is 74.5 Å². The van der Waals surface area contributed by atoms with Crippen molar-refractivity contribution in [2.75, 3.05) is 13.1 Å². The van der Waals surface area contributed by atoms with Crippen LogP contribution in [-0.4, -0.2) is 33.9 Å². The first-order valence-electron chi connectivity index (χ1n) is 10.0. The Bertz CT molecular complexity index is 883. The van der Waals surface area contributed by atoms with E-state index in [4.69, 9.17) is 0 Å². The summed E-state index contributed by atoms with van der Waals surface area (Å²) in [5.74, 6) is 0.739. The highest BCUT2D eigenvalue weighted by molar-refractivity contribution is 14.0. The highest BCUT2D eigenvalue weighted by atomic mass is 127. The van der Waals surface area contributed by atoms with E-state index in [9.17, 15) is 5.11 Å². The van der Waals surface area contributed by atoms with Gasteiger partial charge in [0.2, 0.25) is 0 Å². The van der Waals surface area contributed by atoms with Crippen LogP contribution in [0.3, 0.4) is 0 Å². The first-order chi connectivity index (χ1) is 14.2. The van der Waals surface area contributed by atoms with Crippen molar-refractivity contribution < 1.29 is 5.11 Å². The van der Waals surface area contributed by atoms with Crippen LogP contribution in [0.1, 0.15) is 36.1 Å². The molecule has 0 fully saturated rings.